The molecule has 0 rings (SSSR count). The molecular weight excluding hydrogens is 194 g/mol. The number of rotatable bonds is 4. The number of thiocarbonyl (C=S) groups is 1. The number of nitriles is 1. The molecule has 0 saturated heterocycles. The lowest BCUT2D eigenvalue weighted by atomic mass is 10.3. The highest BCUT2D eigenvalue weighted by Gasteiger charge is 2.12. The van der Waals surface area contributed by atoms with Crippen LogP contribution < -0.4 is 5.32 Å². The Hall–Kier alpha value is -0.820. The van der Waals surface area contributed by atoms with Gasteiger partial charge < -0.3 is 10.2 Å². The Morgan fingerprint density at radius 1 is 1.43 bits per heavy atom. The Bertz CT molecular complexity index is 218. The Labute approximate surface area is 92.1 Å². The molecule has 0 aromatic carbocycles. The molecule has 0 aromatic rings. The van der Waals surface area contributed by atoms with Crippen molar-refractivity contribution in [3.8, 4) is 6.07 Å². The van der Waals surface area contributed by atoms with Crippen molar-refractivity contribution in [3.05, 3.63) is 0 Å². The minimum Gasteiger partial charge on any atom is -0.360 e. The molecule has 0 aromatic heterocycles. The fourth-order valence-corrected chi connectivity index (χ4v) is 1.63. The first-order chi connectivity index (χ1) is 6.49. The van der Waals surface area contributed by atoms with Gasteiger partial charge >= 0.3 is 0 Å². The van der Waals surface area contributed by atoms with E-state index in [1.165, 1.54) is 0 Å². The van der Waals surface area contributed by atoms with E-state index < -0.39 is 0 Å². The highest BCUT2D eigenvalue weighted by molar-refractivity contribution is 7.80. The van der Waals surface area contributed by atoms with E-state index in [4.69, 9.17) is 17.5 Å². The summed E-state index contributed by atoms with van der Waals surface area (Å²) in [4.78, 5) is 2.04. The van der Waals surface area contributed by atoms with Crippen molar-refractivity contribution in [1.29, 1.82) is 5.26 Å². The summed E-state index contributed by atoms with van der Waals surface area (Å²) in [5, 5.41) is 12.4. The largest absolute Gasteiger partial charge is 0.360 e. The van der Waals surface area contributed by atoms with Gasteiger partial charge in [0, 0.05) is 18.6 Å². The van der Waals surface area contributed by atoms with Crippen LogP contribution in [-0.2, 0) is 0 Å². The third kappa shape index (κ3) is 5.03. The predicted molar refractivity (Wildman–Crippen MR) is 62.9 cm³/mol. The zero-order valence-electron chi connectivity index (χ0n) is 9.37. The second-order valence-electron chi connectivity index (χ2n) is 3.80. The van der Waals surface area contributed by atoms with Crippen LogP contribution in [0.1, 0.15) is 34.1 Å². The summed E-state index contributed by atoms with van der Waals surface area (Å²) >= 11 is 5.25. The molecular formula is C10H19N3S. The van der Waals surface area contributed by atoms with Crippen LogP contribution in [0.3, 0.4) is 0 Å². The van der Waals surface area contributed by atoms with Crippen LogP contribution in [0.25, 0.3) is 0 Å². The van der Waals surface area contributed by atoms with E-state index in [0.717, 1.165) is 5.11 Å². The maximum absolute atomic E-state index is 8.52. The molecule has 0 aliphatic heterocycles. The van der Waals surface area contributed by atoms with Crippen molar-refractivity contribution >= 4 is 17.3 Å². The molecule has 0 atom stereocenters. The second-order valence-corrected chi connectivity index (χ2v) is 4.19. The van der Waals surface area contributed by atoms with Gasteiger partial charge in [-0.1, -0.05) is 0 Å². The fourth-order valence-electron chi connectivity index (χ4n) is 1.09. The summed E-state index contributed by atoms with van der Waals surface area (Å²) in [5.74, 6) is 0. The minimum atomic E-state index is 0.335. The lowest BCUT2D eigenvalue weighted by molar-refractivity contribution is 0.348. The van der Waals surface area contributed by atoms with Crippen LogP contribution in [0.15, 0.2) is 0 Å². The zero-order chi connectivity index (χ0) is 11.1. The lowest BCUT2D eigenvalue weighted by Gasteiger charge is -2.29. The number of nitrogens with one attached hydrogen (secondary N) is 1. The first kappa shape index (κ1) is 13.2. The summed E-state index contributed by atoms with van der Waals surface area (Å²) in [6.07, 6.45) is 0.512. The average molecular weight is 213 g/mol. The van der Waals surface area contributed by atoms with Crippen LogP contribution >= 0.6 is 12.2 Å². The molecule has 3 nitrogen and oxygen atoms in total. The van der Waals surface area contributed by atoms with Crippen molar-refractivity contribution in [2.24, 2.45) is 0 Å². The van der Waals surface area contributed by atoms with Crippen LogP contribution in [0, 0.1) is 11.3 Å². The van der Waals surface area contributed by atoms with Gasteiger partial charge in [-0.25, -0.2) is 0 Å². The first-order valence-corrected chi connectivity index (χ1v) is 5.34. The van der Waals surface area contributed by atoms with Crippen molar-refractivity contribution in [1.82, 2.24) is 10.2 Å². The van der Waals surface area contributed by atoms with Crippen molar-refractivity contribution in [2.75, 3.05) is 6.54 Å². The molecule has 0 aliphatic carbocycles. The van der Waals surface area contributed by atoms with E-state index in [-0.39, 0.29) is 0 Å². The maximum Gasteiger partial charge on any atom is 0.169 e. The third-order valence-electron chi connectivity index (χ3n) is 1.76. The Balaban J connectivity index is 4.20. The van der Waals surface area contributed by atoms with E-state index in [1.807, 2.05) is 4.90 Å². The molecule has 80 valence electrons. The summed E-state index contributed by atoms with van der Waals surface area (Å²) in [7, 11) is 0. The third-order valence-corrected chi connectivity index (χ3v) is 2.11. The van der Waals surface area contributed by atoms with Gasteiger partial charge in [0.05, 0.1) is 12.5 Å². The molecule has 0 saturated carbocycles. The molecule has 0 radical (unpaired) electrons. The summed E-state index contributed by atoms with van der Waals surface area (Å²) in [6, 6.07) is 2.81. The van der Waals surface area contributed by atoms with Crippen molar-refractivity contribution in [2.45, 2.75) is 46.2 Å². The van der Waals surface area contributed by atoms with E-state index in [1.54, 1.807) is 0 Å². The summed E-state index contributed by atoms with van der Waals surface area (Å²) < 4.78 is 0. The molecule has 0 amide bonds. The molecule has 1 N–H and O–H groups in total. The number of hydrogen-bond donors (Lipinski definition) is 1. The van der Waals surface area contributed by atoms with Gasteiger partial charge in [0.15, 0.2) is 5.11 Å². The molecule has 0 unspecified atom stereocenters. The molecule has 4 heteroatoms. The molecule has 0 spiro atoms. The SMILES string of the molecule is CC(C)NC(=S)N(CCC#N)C(C)C. The molecule has 14 heavy (non-hydrogen) atoms. The highest BCUT2D eigenvalue weighted by atomic mass is 32.1. The van der Waals surface area contributed by atoms with Gasteiger partial charge in [0.1, 0.15) is 0 Å². The van der Waals surface area contributed by atoms with Crippen LogP contribution in [0.4, 0.5) is 0 Å². The van der Waals surface area contributed by atoms with Gasteiger partial charge in [-0.2, -0.15) is 5.26 Å². The number of hydrogen-bond acceptors (Lipinski definition) is 2. The smallest absolute Gasteiger partial charge is 0.169 e. The van der Waals surface area contributed by atoms with Gasteiger partial charge in [-0.3, -0.25) is 0 Å². The highest BCUT2D eigenvalue weighted by Crippen LogP contribution is 2.01. The molecule has 0 aliphatic rings. The predicted octanol–water partition coefficient (Wildman–Crippen LogP) is 1.89. The Morgan fingerprint density at radius 3 is 2.36 bits per heavy atom. The Kier molecular flexibility index (Phi) is 6.22. The van der Waals surface area contributed by atoms with E-state index >= 15 is 0 Å². The number of nitrogens with zero attached hydrogens (tertiary/aromatic N) is 2. The van der Waals surface area contributed by atoms with E-state index in [2.05, 4.69) is 39.1 Å². The normalized spacial score (nSPS) is 10.1. The van der Waals surface area contributed by atoms with Gasteiger partial charge in [-0.05, 0) is 39.9 Å². The zero-order valence-corrected chi connectivity index (χ0v) is 10.2. The standard InChI is InChI=1S/C10H19N3S/c1-8(2)12-10(14)13(9(3)4)7-5-6-11/h8-9H,5,7H2,1-4H3,(H,12,14). The van der Waals surface area contributed by atoms with Gasteiger partial charge in [0.25, 0.3) is 0 Å². The van der Waals surface area contributed by atoms with Gasteiger partial charge in [0.2, 0.25) is 0 Å². The minimum absolute atomic E-state index is 0.335. The monoisotopic (exact) mass is 213 g/mol. The van der Waals surface area contributed by atoms with Crippen LogP contribution in [-0.4, -0.2) is 28.6 Å². The molecule has 0 bridgehead atoms. The lowest BCUT2D eigenvalue weighted by Crippen LogP contribution is -2.46. The second kappa shape index (κ2) is 6.61. The maximum atomic E-state index is 8.52. The van der Waals surface area contributed by atoms with Crippen molar-refractivity contribution in [3.63, 3.8) is 0 Å². The van der Waals surface area contributed by atoms with Crippen molar-refractivity contribution < 1.29 is 0 Å². The fraction of sp³-hybridized carbons (Fsp3) is 0.800. The molecule has 0 fully saturated rings. The van der Waals surface area contributed by atoms with E-state index in [0.29, 0.717) is 25.0 Å². The van der Waals surface area contributed by atoms with Gasteiger partial charge in [-0.15, -0.1) is 0 Å². The quantitative estimate of drug-likeness (QED) is 0.724. The summed E-state index contributed by atoms with van der Waals surface area (Å²) in [5.41, 5.74) is 0. The van der Waals surface area contributed by atoms with Crippen LogP contribution in [0.2, 0.25) is 0 Å². The average Bonchev–Trinajstić information content (AvgIpc) is 2.02. The first-order valence-electron chi connectivity index (χ1n) is 4.93. The molecule has 0 heterocycles. The topological polar surface area (TPSA) is 39.1 Å². The summed E-state index contributed by atoms with van der Waals surface area (Å²) in [6.45, 7) is 8.95. The Morgan fingerprint density at radius 2 is 2.00 bits per heavy atom. The van der Waals surface area contributed by atoms with Crippen LogP contribution in [0.5, 0.6) is 0 Å². The van der Waals surface area contributed by atoms with E-state index in [9.17, 15) is 0 Å².